The summed E-state index contributed by atoms with van der Waals surface area (Å²) in [6, 6.07) is 6.26. The lowest BCUT2D eigenvalue weighted by Crippen LogP contribution is -2.29. The van der Waals surface area contributed by atoms with Crippen LogP contribution in [0.15, 0.2) is 22.7 Å². The molecule has 0 spiro atoms. The van der Waals surface area contributed by atoms with Crippen LogP contribution in [0.5, 0.6) is 5.75 Å². The SMILES string of the molecule is CCCCCCC1C[C@H](N)c2ccc(Br)cc2O1. The first-order valence-electron chi connectivity index (χ1n) is 6.92. The molecule has 2 nitrogen and oxygen atoms in total. The molecule has 0 saturated carbocycles. The number of rotatable bonds is 5. The smallest absolute Gasteiger partial charge is 0.125 e. The third-order valence-corrected chi connectivity index (χ3v) is 4.06. The highest BCUT2D eigenvalue weighted by Crippen LogP contribution is 2.36. The van der Waals surface area contributed by atoms with E-state index in [4.69, 9.17) is 10.5 Å². The van der Waals surface area contributed by atoms with Gasteiger partial charge in [-0.05, 0) is 25.0 Å². The van der Waals surface area contributed by atoms with Gasteiger partial charge >= 0.3 is 0 Å². The topological polar surface area (TPSA) is 35.2 Å². The zero-order chi connectivity index (χ0) is 13.0. The monoisotopic (exact) mass is 311 g/mol. The van der Waals surface area contributed by atoms with E-state index in [0.29, 0.717) is 6.10 Å². The molecule has 1 unspecified atom stereocenters. The maximum absolute atomic E-state index is 6.22. The summed E-state index contributed by atoms with van der Waals surface area (Å²) in [6.45, 7) is 2.24. The van der Waals surface area contributed by atoms with E-state index in [1.807, 2.05) is 12.1 Å². The third-order valence-electron chi connectivity index (χ3n) is 3.57. The van der Waals surface area contributed by atoms with E-state index >= 15 is 0 Å². The van der Waals surface area contributed by atoms with Crippen LogP contribution in [0.25, 0.3) is 0 Å². The maximum Gasteiger partial charge on any atom is 0.125 e. The van der Waals surface area contributed by atoms with Crippen molar-refractivity contribution in [1.29, 1.82) is 0 Å². The Bertz CT molecular complexity index is 394. The minimum atomic E-state index is 0.123. The summed E-state index contributed by atoms with van der Waals surface area (Å²) in [5.74, 6) is 0.962. The highest BCUT2D eigenvalue weighted by atomic mass is 79.9. The molecule has 18 heavy (non-hydrogen) atoms. The lowest BCUT2D eigenvalue weighted by Gasteiger charge is -2.30. The van der Waals surface area contributed by atoms with Gasteiger partial charge in [0.15, 0.2) is 0 Å². The molecular formula is C15H22BrNO. The predicted molar refractivity (Wildman–Crippen MR) is 78.9 cm³/mol. The van der Waals surface area contributed by atoms with E-state index in [2.05, 4.69) is 28.9 Å². The molecule has 0 radical (unpaired) electrons. The Labute approximate surface area is 118 Å². The van der Waals surface area contributed by atoms with Crippen molar-refractivity contribution in [1.82, 2.24) is 0 Å². The summed E-state index contributed by atoms with van der Waals surface area (Å²) in [6.07, 6.45) is 7.51. The minimum absolute atomic E-state index is 0.123. The Morgan fingerprint density at radius 3 is 2.94 bits per heavy atom. The molecule has 1 aliphatic heterocycles. The second kappa shape index (κ2) is 6.58. The summed E-state index contributed by atoms with van der Waals surface area (Å²) >= 11 is 3.48. The lowest BCUT2D eigenvalue weighted by atomic mass is 9.94. The van der Waals surface area contributed by atoms with E-state index in [-0.39, 0.29) is 6.04 Å². The maximum atomic E-state index is 6.22. The first-order chi connectivity index (χ1) is 8.70. The van der Waals surface area contributed by atoms with Crippen LogP contribution >= 0.6 is 15.9 Å². The van der Waals surface area contributed by atoms with Crippen molar-refractivity contribution in [2.75, 3.05) is 0 Å². The first kappa shape index (κ1) is 13.9. The van der Waals surface area contributed by atoms with E-state index in [1.165, 1.54) is 25.7 Å². The van der Waals surface area contributed by atoms with E-state index in [1.54, 1.807) is 0 Å². The third kappa shape index (κ3) is 3.48. The molecule has 0 fully saturated rings. The fourth-order valence-electron chi connectivity index (χ4n) is 2.53. The second-order valence-corrected chi connectivity index (χ2v) is 6.03. The fraction of sp³-hybridized carbons (Fsp3) is 0.600. The molecule has 0 aromatic heterocycles. The quantitative estimate of drug-likeness (QED) is 0.808. The molecular weight excluding hydrogens is 290 g/mol. The number of hydrogen-bond donors (Lipinski definition) is 1. The Morgan fingerprint density at radius 2 is 2.17 bits per heavy atom. The van der Waals surface area contributed by atoms with Crippen LogP contribution in [-0.4, -0.2) is 6.10 Å². The van der Waals surface area contributed by atoms with E-state index < -0.39 is 0 Å². The van der Waals surface area contributed by atoms with E-state index in [9.17, 15) is 0 Å². The number of benzene rings is 1. The molecule has 0 aliphatic carbocycles. The molecule has 3 heteroatoms. The number of unbranched alkanes of at least 4 members (excludes halogenated alkanes) is 3. The molecule has 1 heterocycles. The van der Waals surface area contributed by atoms with Gasteiger partial charge in [0, 0.05) is 22.5 Å². The van der Waals surface area contributed by atoms with Gasteiger partial charge < -0.3 is 10.5 Å². The zero-order valence-electron chi connectivity index (χ0n) is 11.0. The number of ether oxygens (including phenoxy) is 1. The van der Waals surface area contributed by atoms with Crippen LogP contribution in [-0.2, 0) is 0 Å². The van der Waals surface area contributed by atoms with Crippen LogP contribution < -0.4 is 10.5 Å². The molecule has 1 aromatic carbocycles. The average Bonchev–Trinajstić information content (AvgIpc) is 2.34. The fourth-order valence-corrected chi connectivity index (χ4v) is 2.87. The number of fused-ring (bicyclic) bond motifs is 1. The summed E-state index contributed by atoms with van der Waals surface area (Å²) in [5, 5.41) is 0. The van der Waals surface area contributed by atoms with Crippen LogP contribution in [0, 0.1) is 0 Å². The van der Waals surface area contributed by atoms with Crippen molar-refractivity contribution in [3.05, 3.63) is 28.2 Å². The highest BCUT2D eigenvalue weighted by molar-refractivity contribution is 9.10. The molecule has 1 aliphatic rings. The number of hydrogen-bond acceptors (Lipinski definition) is 2. The average molecular weight is 312 g/mol. The Balaban J connectivity index is 1.94. The van der Waals surface area contributed by atoms with Crippen LogP contribution in [0.4, 0.5) is 0 Å². The van der Waals surface area contributed by atoms with Gasteiger partial charge in [0.25, 0.3) is 0 Å². The molecule has 0 bridgehead atoms. The highest BCUT2D eigenvalue weighted by Gasteiger charge is 2.25. The zero-order valence-corrected chi connectivity index (χ0v) is 12.6. The Morgan fingerprint density at radius 1 is 1.33 bits per heavy atom. The van der Waals surface area contributed by atoms with Crippen molar-refractivity contribution < 1.29 is 4.74 Å². The summed E-state index contributed by atoms with van der Waals surface area (Å²) < 4.78 is 7.11. The predicted octanol–water partition coefficient (Wildman–Crippen LogP) is 4.57. The molecule has 2 atom stereocenters. The molecule has 0 amide bonds. The van der Waals surface area contributed by atoms with Gasteiger partial charge in [-0.15, -0.1) is 0 Å². The van der Waals surface area contributed by atoms with Crippen molar-refractivity contribution >= 4 is 15.9 Å². The number of nitrogens with two attached hydrogens (primary N) is 1. The minimum Gasteiger partial charge on any atom is -0.490 e. The Hall–Kier alpha value is -0.540. The van der Waals surface area contributed by atoms with Crippen molar-refractivity contribution in [3.8, 4) is 5.75 Å². The Kier molecular flexibility index (Phi) is 5.07. The van der Waals surface area contributed by atoms with Crippen molar-refractivity contribution in [3.63, 3.8) is 0 Å². The number of halogens is 1. The molecule has 1 aromatic rings. The van der Waals surface area contributed by atoms with E-state index in [0.717, 1.165) is 28.6 Å². The molecule has 2 rings (SSSR count). The van der Waals surface area contributed by atoms with Gasteiger partial charge in [-0.25, -0.2) is 0 Å². The van der Waals surface area contributed by atoms with Gasteiger partial charge in [0.2, 0.25) is 0 Å². The molecule has 0 saturated heterocycles. The summed E-state index contributed by atoms with van der Waals surface area (Å²) in [5.41, 5.74) is 7.36. The molecule has 2 N–H and O–H groups in total. The van der Waals surface area contributed by atoms with Gasteiger partial charge in [0.1, 0.15) is 11.9 Å². The van der Waals surface area contributed by atoms with Crippen LogP contribution in [0.3, 0.4) is 0 Å². The van der Waals surface area contributed by atoms with Gasteiger partial charge in [-0.3, -0.25) is 0 Å². The standard InChI is InChI=1S/C15H22BrNO/c1-2-3-4-5-6-12-10-14(17)13-8-7-11(16)9-15(13)18-12/h7-9,12,14H,2-6,10,17H2,1H3/t12?,14-/m0/s1. The lowest BCUT2D eigenvalue weighted by molar-refractivity contribution is 0.146. The largest absolute Gasteiger partial charge is 0.490 e. The first-order valence-corrected chi connectivity index (χ1v) is 7.71. The summed E-state index contributed by atoms with van der Waals surface area (Å²) in [4.78, 5) is 0. The van der Waals surface area contributed by atoms with Crippen LogP contribution in [0.1, 0.15) is 57.1 Å². The van der Waals surface area contributed by atoms with Crippen molar-refractivity contribution in [2.24, 2.45) is 5.73 Å². The van der Waals surface area contributed by atoms with Gasteiger partial charge in [-0.2, -0.15) is 0 Å². The molecule has 100 valence electrons. The van der Waals surface area contributed by atoms with Gasteiger partial charge in [0.05, 0.1) is 0 Å². The van der Waals surface area contributed by atoms with Gasteiger partial charge in [-0.1, -0.05) is 48.2 Å². The summed E-state index contributed by atoms with van der Waals surface area (Å²) in [7, 11) is 0. The normalized spacial score (nSPS) is 22.4. The van der Waals surface area contributed by atoms with Crippen molar-refractivity contribution in [2.45, 2.75) is 57.6 Å². The van der Waals surface area contributed by atoms with Crippen LogP contribution in [0.2, 0.25) is 0 Å². The second-order valence-electron chi connectivity index (χ2n) is 5.11.